The van der Waals surface area contributed by atoms with E-state index in [0.717, 1.165) is 3.57 Å². The van der Waals surface area contributed by atoms with E-state index in [1.165, 1.54) is 18.3 Å². The lowest BCUT2D eigenvalue weighted by Gasteiger charge is -2.05. The van der Waals surface area contributed by atoms with Gasteiger partial charge in [-0.3, -0.25) is 14.9 Å². The van der Waals surface area contributed by atoms with Crippen molar-refractivity contribution < 1.29 is 14.5 Å². The summed E-state index contributed by atoms with van der Waals surface area (Å²) < 4.78 is 5.92. The summed E-state index contributed by atoms with van der Waals surface area (Å²) >= 11 is 7.79. The summed E-state index contributed by atoms with van der Waals surface area (Å²) in [7, 11) is 1.55. The van der Waals surface area contributed by atoms with Crippen LogP contribution in [0.2, 0.25) is 5.02 Å². The molecular weight excluding hydrogens is 449 g/mol. The number of methoxy groups -OCH3 is 1. The molecule has 0 radical (unpaired) electrons. The second-order valence-electron chi connectivity index (χ2n) is 4.52. The van der Waals surface area contributed by atoms with E-state index in [1.807, 2.05) is 0 Å². The molecule has 0 bridgehead atoms. The lowest BCUT2D eigenvalue weighted by molar-refractivity contribution is -0.384. The number of hydrogen-bond donors (Lipinski definition) is 1. The maximum atomic E-state index is 12.0. The first-order valence-corrected chi connectivity index (χ1v) is 7.99. The smallest absolute Gasteiger partial charge is 0.288 e. The van der Waals surface area contributed by atoms with Gasteiger partial charge in [-0.2, -0.15) is 5.10 Å². The van der Waals surface area contributed by atoms with Gasteiger partial charge in [0, 0.05) is 17.2 Å². The summed E-state index contributed by atoms with van der Waals surface area (Å²) in [5.74, 6) is 0.263. The van der Waals surface area contributed by atoms with Crippen molar-refractivity contribution in [3.8, 4) is 5.75 Å². The van der Waals surface area contributed by atoms with E-state index >= 15 is 0 Å². The summed E-state index contributed by atoms with van der Waals surface area (Å²) in [6.45, 7) is 0. The van der Waals surface area contributed by atoms with Gasteiger partial charge in [0.1, 0.15) is 10.8 Å². The van der Waals surface area contributed by atoms with E-state index in [2.05, 4.69) is 33.1 Å². The first kappa shape index (κ1) is 18.1. The molecule has 0 atom stereocenters. The lowest BCUT2D eigenvalue weighted by Crippen LogP contribution is -2.17. The standard InChI is InChI=1S/C15H11ClIN3O4/c1-24-14-5-3-10(7-12(14)17)15(21)19-18-8-9-2-4-11(16)13(6-9)20(22)23/h2-8H,1H3,(H,19,21)/b18-8+. The Bertz CT molecular complexity index is 826. The Hall–Kier alpha value is -2.20. The van der Waals surface area contributed by atoms with Crippen molar-refractivity contribution in [2.75, 3.05) is 7.11 Å². The molecule has 0 aliphatic carbocycles. The number of nitrogens with zero attached hydrogens (tertiary/aromatic N) is 2. The first-order valence-electron chi connectivity index (χ1n) is 6.53. The lowest BCUT2D eigenvalue weighted by atomic mass is 10.2. The largest absolute Gasteiger partial charge is 0.496 e. The molecule has 0 saturated heterocycles. The fourth-order valence-electron chi connectivity index (χ4n) is 1.79. The molecule has 0 aromatic heterocycles. The number of nitro benzene ring substituents is 1. The SMILES string of the molecule is COc1ccc(C(=O)N/N=C/c2ccc(Cl)c([N+](=O)[O-])c2)cc1I. The second kappa shape index (κ2) is 8.06. The summed E-state index contributed by atoms with van der Waals surface area (Å²) in [4.78, 5) is 22.3. The molecular formula is C15H11ClIN3O4. The van der Waals surface area contributed by atoms with Crippen LogP contribution >= 0.6 is 34.2 Å². The van der Waals surface area contributed by atoms with E-state index in [0.29, 0.717) is 16.9 Å². The average molecular weight is 460 g/mol. The number of halogens is 2. The van der Waals surface area contributed by atoms with Crippen molar-refractivity contribution in [2.45, 2.75) is 0 Å². The van der Waals surface area contributed by atoms with Crippen LogP contribution in [-0.2, 0) is 0 Å². The monoisotopic (exact) mass is 459 g/mol. The fraction of sp³-hybridized carbons (Fsp3) is 0.0667. The number of rotatable bonds is 5. The summed E-state index contributed by atoms with van der Waals surface area (Å²) in [6, 6.07) is 9.18. The number of amides is 1. The van der Waals surface area contributed by atoms with Gasteiger partial charge in [0.15, 0.2) is 0 Å². The minimum atomic E-state index is -0.586. The van der Waals surface area contributed by atoms with Gasteiger partial charge in [0.25, 0.3) is 11.6 Å². The Morgan fingerprint density at radius 3 is 2.75 bits per heavy atom. The van der Waals surface area contributed by atoms with Crippen molar-refractivity contribution in [1.82, 2.24) is 5.43 Å². The number of hydrogen-bond acceptors (Lipinski definition) is 5. The van der Waals surface area contributed by atoms with E-state index in [9.17, 15) is 14.9 Å². The van der Waals surface area contributed by atoms with E-state index in [-0.39, 0.29) is 10.7 Å². The van der Waals surface area contributed by atoms with Gasteiger partial charge in [0.05, 0.1) is 21.8 Å². The third-order valence-electron chi connectivity index (χ3n) is 2.96. The summed E-state index contributed by atoms with van der Waals surface area (Å²) in [5, 5.41) is 14.7. The molecule has 1 amide bonds. The summed E-state index contributed by atoms with van der Waals surface area (Å²) in [5.41, 5.74) is 2.99. The predicted molar refractivity (Wildman–Crippen MR) is 98.9 cm³/mol. The molecule has 124 valence electrons. The Labute approximate surface area is 155 Å². The van der Waals surface area contributed by atoms with Crippen LogP contribution in [0, 0.1) is 13.7 Å². The van der Waals surface area contributed by atoms with E-state index in [1.54, 1.807) is 31.4 Å². The molecule has 0 heterocycles. The van der Waals surface area contributed by atoms with Crippen LogP contribution in [0.1, 0.15) is 15.9 Å². The van der Waals surface area contributed by atoms with Crippen molar-refractivity contribution in [2.24, 2.45) is 5.10 Å². The van der Waals surface area contributed by atoms with E-state index in [4.69, 9.17) is 16.3 Å². The van der Waals surface area contributed by atoms with Gasteiger partial charge < -0.3 is 4.74 Å². The van der Waals surface area contributed by atoms with Gasteiger partial charge in [-0.1, -0.05) is 17.7 Å². The third-order valence-corrected chi connectivity index (χ3v) is 4.12. The highest BCUT2D eigenvalue weighted by atomic mass is 127. The zero-order chi connectivity index (χ0) is 17.7. The highest BCUT2D eigenvalue weighted by Gasteiger charge is 2.12. The molecule has 0 aliphatic rings. The van der Waals surface area contributed by atoms with Crippen LogP contribution in [-0.4, -0.2) is 24.2 Å². The normalized spacial score (nSPS) is 10.6. The Kier molecular flexibility index (Phi) is 6.10. The van der Waals surface area contributed by atoms with Gasteiger partial charge >= 0.3 is 0 Å². The molecule has 2 rings (SSSR count). The minimum Gasteiger partial charge on any atom is -0.496 e. The van der Waals surface area contributed by atoms with Crippen LogP contribution in [0.15, 0.2) is 41.5 Å². The van der Waals surface area contributed by atoms with Crippen LogP contribution < -0.4 is 10.2 Å². The zero-order valence-electron chi connectivity index (χ0n) is 12.3. The molecule has 0 saturated carbocycles. The number of hydrazone groups is 1. The quantitative estimate of drug-likeness (QED) is 0.320. The molecule has 0 spiro atoms. The van der Waals surface area contributed by atoms with Crippen molar-refractivity contribution in [3.05, 3.63) is 66.2 Å². The van der Waals surface area contributed by atoms with Crippen LogP contribution in [0.25, 0.3) is 0 Å². The number of nitrogens with one attached hydrogen (secondary N) is 1. The van der Waals surface area contributed by atoms with Gasteiger partial charge in [0.2, 0.25) is 0 Å². The molecule has 0 fully saturated rings. The third kappa shape index (κ3) is 4.42. The molecule has 0 unspecified atom stereocenters. The van der Waals surface area contributed by atoms with Crippen molar-refractivity contribution in [1.29, 1.82) is 0 Å². The average Bonchev–Trinajstić information content (AvgIpc) is 2.55. The van der Waals surface area contributed by atoms with Gasteiger partial charge in [-0.25, -0.2) is 5.43 Å². The minimum absolute atomic E-state index is 0.0361. The number of ether oxygens (including phenoxy) is 1. The molecule has 24 heavy (non-hydrogen) atoms. The number of carbonyl (C=O) groups is 1. The fourth-order valence-corrected chi connectivity index (χ4v) is 2.71. The van der Waals surface area contributed by atoms with Crippen molar-refractivity contribution in [3.63, 3.8) is 0 Å². The van der Waals surface area contributed by atoms with Crippen LogP contribution in [0.4, 0.5) is 5.69 Å². The van der Waals surface area contributed by atoms with Crippen LogP contribution in [0.3, 0.4) is 0 Å². The molecule has 2 aromatic rings. The van der Waals surface area contributed by atoms with Crippen LogP contribution in [0.5, 0.6) is 5.75 Å². The molecule has 0 aliphatic heterocycles. The second-order valence-corrected chi connectivity index (χ2v) is 6.09. The maximum Gasteiger partial charge on any atom is 0.288 e. The Morgan fingerprint density at radius 1 is 1.38 bits per heavy atom. The number of nitro groups is 1. The van der Waals surface area contributed by atoms with E-state index < -0.39 is 10.8 Å². The number of benzene rings is 2. The maximum absolute atomic E-state index is 12.0. The van der Waals surface area contributed by atoms with Gasteiger partial charge in [-0.05, 0) is 46.9 Å². The summed E-state index contributed by atoms with van der Waals surface area (Å²) in [6.07, 6.45) is 1.30. The highest BCUT2D eigenvalue weighted by Crippen LogP contribution is 2.24. The zero-order valence-corrected chi connectivity index (χ0v) is 15.2. The highest BCUT2D eigenvalue weighted by molar-refractivity contribution is 14.1. The Balaban J connectivity index is 2.08. The number of carbonyl (C=O) groups excluding carboxylic acids is 1. The van der Waals surface area contributed by atoms with Gasteiger partial charge in [-0.15, -0.1) is 0 Å². The predicted octanol–water partition coefficient (Wildman–Crippen LogP) is 3.63. The molecule has 1 N–H and O–H groups in total. The van der Waals surface area contributed by atoms with Crippen molar-refractivity contribution >= 4 is 52.0 Å². The molecule has 7 nitrogen and oxygen atoms in total. The molecule has 2 aromatic carbocycles. The molecule has 9 heteroatoms. The topological polar surface area (TPSA) is 93.8 Å². The first-order chi connectivity index (χ1) is 11.4. The Morgan fingerprint density at radius 2 is 2.12 bits per heavy atom.